The second-order valence-corrected chi connectivity index (χ2v) is 7.76. The highest BCUT2D eigenvalue weighted by molar-refractivity contribution is 5.86. The molecule has 5 heteroatoms. The fourth-order valence-corrected chi connectivity index (χ4v) is 3.52. The summed E-state index contributed by atoms with van der Waals surface area (Å²) in [5.74, 6) is 2.16. The lowest BCUT2D eigenvalue weighted by atomic mass is 10.0. The monoisotopic (exact) mass is 382 g/mol. The summed E-state index contributed by atoms with van der Waals surface area (Å²) in [5.41, 5.74) is 3.06. The number of nitrogens with zero attached hydrogens (tertiary/aromatic N) is 1. The number of rotatable bonds is 7. The van der Waals surface area contributed by atoms with Crippen molar-refractivity contribution < 1.29 is 14.3 Å². The van der Waals surface area contributed by atoms with Gasteiger partial charge in [-0.1, -0.05) is 32.9 Å². The van der Waals surface area contributed by atoms with Crippen molar-refractivity contribution in [2.45, 2.75) is 39.0 Å². The lowest BCUT2D eigenvalue weighted by Crippen LogP contribution is -2.26. The van der Waals surface area contributed by atoms with Crippen LogP contribution in [-0.4, -0.2) is 37.7 Å². The molecule has 1 atom stereocenters. The van der Waals surface area contributed by atoms with Crippen LogP contribution in [0.5, 0.6) is 11.5 Å². The van der Waals surface area contributed by atoms with Crippen LogP contribution in [-0.2, 0) is 0 Å². The summed E-state index contributed by atoms with van der Waals surface area (Å²) in [6.07, 6.45) is 0.633. The van der Waals surface area contributed by atoms with Gasteiger partial charge in [-0.2, -0.15) is 0 Å². The Morgan fingerprint density at radius 2 is 2.00 bits per heavy atom. The van der Waals surface area contributed by atoms with E-state index >= 15 is 0 Å². The molecule has 2 aromatic carbocycles. The fourth-order valence-electron chi connectivity index (χ4n) is 3.52. The first-order valence-corrected chi connectivity index (χ1v) is 10.00. The first-order valence-electron chi connectivity index (χ1n) is 10.00. The van der Waals surface area contributed by atoms with Gasteiger partial charge in [0.05, 0.1) is 6.61 Å². The molecule has 1 aliphatic heterocycles. The molecule has 0 aliphatic carbocycles. The molecule has 0 saturated carbocycles. The summed E-state index contributed by atoms with van der Waals surface area (Å²) in [5, 5.41) is 2.78. The molecule has 2 aromatic rings. The van der Waals surface area contributed by atoms with Crippen molar-refractivity contribution >= 4 is 11.8 Å². The Morgan fingerprint density at radius 1 is 1.25 bits per heavy atom. The van der Waals surface area contributed by atoms with Gasteiger partial charge in [0.15, 0.2) is 0 Å². The summed E-state index contributed by atoms with van der Waals surface area (Å²) in [6.45, 7) is 9.11. The van der Waals surface area contributed by atoms with Gasteiger partial charge in [0.2, 0.25) is 0 Å². The van der Waals surface area contributed by atoms with E-state index in [1.807, 2.05) is 36.4 Å². The molecule has 28 heavy (non-hydrogen) atoms. The zero-order chi connectivity index (χ0) is 20.1. The maximum atomic E-state index is 12.3. The number of amides is 1. The summed E-state index contributed by atoms with van der Waals surface area (Å²) in [4.78, 5) is 14.6. The molecule has 0 aromatic heterocycles. The van der Waals surface area contributed by atoms with Crippen LogP contribution in [0, 0.1) is 0 Å². The molecule has 1 unspecified atom stereocenters. The molecule has 0 radical (unpaired) electrons. The van der Waals surface area contributed by atoms with Crippen LogP contribution in [0.3, 0.4) is 0 Å². The van der Waals surface area contributed by atoms with Crippen molar-refractivity contribution in [1.29, 1.82) is 0 Å². The molecule has 0 saturated heterocycles. The van der Waals surface area contributed by atoms with E-state index in [-0.39, 0.29) is 0 Å². The number of fused-ring (bicyclic) bond motifs is 1. The smallest absolute Gasteiger partial charge is 0.417 e. The van der Waals surface area contributed by atoms with Crippen molar-refractivity contribution in [3.05, 3.63) is 53.6 Å². The third kappa shape index (κ3) is 5.04. The third-order valence-electron chi connectivity index (χ3n) is 5.03. The van der Waals surface area contributed by atoms with E-state index in [1.165, 1.54) is 5.56 Å². The van der Waals surface area contributed by atoms with Gasteiger partial charge >= 0.3 is 6.09 Å². The number of anilines is 1. The van der Waals surface area contributed by atoms with Crippen LogP contribution in [0.2, 0.25) is 0 Å². The highest BCUT2D eigenvalue weighted by Crippen LogP contribution is 2.37. The van der Waals surface area contributed by atoms with Crippen LogP contribution < -0.4 is 14.8 Å². The number of ether oxygens (including phenoxy) is 2. The van der Waals surface area contributed by atoms with Gasteiger partial charge in [-0.3, -0.25) is 5.32 Å². The number of hydrogen-bond donors (Lipinski definition) is 1. The van der Waals surface area contributed by atoms with E-state index in [0.717, 1.165) is 36.5 Å². The van der Waals surface area contributed by atoms with Crippen LogP contribution in [0.4, 0.5) is 10.5 Å². The Hall–Kier alpha value is -2.53. The van der Waals surface area contributed by atoms with Crippen LogP contribution in [0.1, 0.15) is 50.2 Å². The second kappa shape index (κ2) is 9.11. The minimum atomic E-state index is -0.490. The van der Waals surface area contributed by atoms with E-state index < -0.39 is 6.09 Å². The Bertz CT molecular complexity index is 802. The van der Waals surface area contributed by atoms with Gasteiger partial charge in [-0.05, 0) is 61.8 Å². The minimum Gasteiger partial charge on any atom is -0.493 e. The molecule has 0 bridgehead atoms. The van der Waals surface area contributed by atoms with E-state index in [1.54, 1.807) is 6.07 Å². The van der Waals surface area contributed by atoms with Crippen molar-refractivity contribution in [2.75, 3.05) is 32.1 Å². The van der Waals surface area contributed by atoms with Crippen LogP contribution in [0.15, 0.2) is 42.5 Å². The number of nitrogens with one attached hydrogen (secondary N) is 1. The zero-order valence-corrected chi connectivity index (χ0v) is 17.2. The predicted molar refractivity (Wildman–Crippen MR) is 113 cm³/mol. The third-order valence-corrected chi connectivity index (χ3v) is 5.03. The molecule has 150 valence electrons. The van der Waals surface area contributed by atoms with Gasteiger partial charge in [-0.25, -0.2) is 4.79 Å². The number of hydrogen-bond acceptors (Lipinski definition) is 4. The Morgan fingerprint density at radius 3 is 2.68 bits per heavy atom. The van der Waals surface area contributed by atoms with Crippen molar-refractivity contribution in [2.24, 2.45) is 0 Å². The quantitative estimate of drug-likeness (QED) is 0.712. The van der Waals surface area contributed by atoms with Crippen LogP contribution in [0.25, 0.3) is 0 Å². The average Bonchev–Trinajstić information content (AvgIpc) is 3.04. The van der Waals surface area contributed by atoms with Crippen molar-refractivity contribution in [1.82, 2.24) is 4.90 Å². The first kappa shape index (κ1) is 20.2. The molecule has 1 amide bonds. The Labute approximate surface area is 167 Å². The summed E-state index contributed by atoms with van der Waals surface area (Å²) >= 11 is 0. The molecule has 1 aliphatic rings. The van der Waals surface area contributed by atoms with E-state index in [0.29, 0.717) is 24.2 Å². The van der Waals surface area contributed by atoms with E-state index in [2.05, 4.69) is 38.0 Å². The number of benzene rings is 2. The Balaban J connectivity index is 1.62. The number of carbonyl (C=O) groups excluding carboxylic acids is 1. The molecular weight excluding hydrogens is 352 g/mol. The van der Waals surface area contributed by atoms with Crippen LogP contribution >= 0.6 is 0 Å². The van der Waals surface area contributed by atoms with Gasteiger partial charge in [0.1, 0.15) is 11.5 Å². The first-order chi connectivity index (χ1) is 13.5. The van der Waals surface area contributed by atoms with Crippen molar-refractivity contribution in [3.8, 4) is 11.5 Å². The average molecular weight is 383 g/mol. The summed E-state index contributed by atoms with van der Waals surface area (Å²) in [6, 6.07) is 13.4. The lowest BCUT2D eigenvalue weighted by molar-refractivity contribution is 0.215. The lowest BCUT2D eigenvalue weighted by Gasteiger charge is -2.19. The highest BCUT2D eigenvalue weighted by atomic mass is 16.6. The number of likely N-dealkylation sites (N-methyl/N-ethyl adjacent to an activating group) is 1. The standard InChI is InChI=1S/C23H30N2O3/c1-5-12-25(4)14-18-15-27-22-11-10-20(13-21(18)22)28-23(26)24-19-8-6-17(7-9-19)16(2)3/h6-11,13,16,18H,5,12,14-15H2,1-4H3,(H,24,26). The van der Waals surface area contributed by atoms with Gasteiger partial charge in [0, 0.05) is 23.7 Å². The molecule has 1 heterocycles. The largest absolute Gasteiger partial charge is 0.493 e. The highest BCUT2D eigenvalue weighted by Gasteiger charge is 2.26. The molecule has 0 spiro atoms. The second-order valence-electron chi connectivity index (χ2n) is 7.76. The minimum absolute atomic E-state index is 0.293. The van der Waals surface area contributed by atoms with Gasteiger partial charge in [-0.15, -0.1) is 0 Å². The normalized spacial score (nSPS) is 15.4. The SMILES string of the molecule is CCCN(C)CC1COc2ccc(OC(=O)Nc3ccc(C(C)C)cc3)cc21. The predicted octanol–water partition coefficient (Wildman–Crippen LogP) is 5.24. The topological polar surface area (TPSA) is 50.8 Å². The Kier molecular flexibility index (Phi) is 6.57. The maximum absolute atomic E-state index is 12.3. The molecule has 1 N–H and O–H groups in total. The zero-order valence-electron chi connectivity index (χ0n) is 17.2. The van der Waals surface area contributed by atoms with Gasteiger partial charge in [0.25, 0.3) is 0 Å². The number of carbonyl (C=O) groups is 1. The molecule has 3 rings (SSSR count). The summed E-state index contributed by atoms with van der Waals surface area (Å²) < 4.78 is 11.3. The summed E-state index contributed by atoms with van der Waals surface area (Å²) in [7, 11) is 2.12. The molecule has 0 fully saturated rings. The molecule has 5 nitrogen and oxygen atoms in total. The molecular formula is C23H30N2O3. The maximum Gasteiger partial charge on any atom is 0.417 e. The van der Waals surface area contributed by atoms with E-state index in [9.17, 15) is 4.79 Å². The van der Waals surface area contributed by atoms with E-state index in [4.69, 9.17) is 9.47 Å². The van der Waals surface area contributed by atoms with Crippen molar-refractivity contribution in [3.63, 3.8) is 0 Å². The van der Waals surface area contributed by atoms with Gasteiger partial charge < -0.3 is 14.4 Å². The fraction of sp³-hybridized carbons (Fsp3) is 0.435.